The highest BCUT2D eigenvalue weighted by atomic mass is 32.1. The van der Waals surface area contributed by atoms with Gasteiger partial charge in [-0.25, -0.2) is 0 Å². The van der Waals surface area contributed by atoms with Gasteiger partial charge in [-0.05, 0) is 6.07 Å². The van der Waals surface area contributed by atoms with Gasteiger partial charge in [-0.2, -0.15) is 18.3 Å². The predicted octanol–water partition coefficient (Wildman–Crippen LogP) is 2.16. The average Bonchev–Trinajstić information content (AvgIpc) is 1.86. The van der Waals surface area contributed by atoms with E-state index in [-0.39, 0.29) is 4.51 Å². The van der Waals surface area contributed by atoms with Crippen molar-refractivity contribution in [3.63, 3.8) is 0 Å². The number of rotatable bonds is 0. The topological polar surface area (TPSA) is 28.7 Å². The maximum atomic E-state index is 11.9. The minimum Gasteiger partial charge on any atom is -0.274 e. The zero-order valence-electron chi connectivity index (χ0n) is 5.14. The Labute approximate surface area is 65.1 Å². The van der Waals surface area contributed by atoms with E-state index in [1.54, 1.807) is 0 Å². The van der Waals surface area contributed by atoms with Crippen molar-refractivity contribution in [2.45, 2.75) is 6.18 Å². The molecule has 1 heterocycles. The van der Waals surface area contributed by atoms with E-state index in [4.69, 9.17) is 0 Å². The summed E-state index contributed by atoms with van der Waals surface area (Å²) >= 11 is 4.49. The first-order valence-electron chi connectivity index (χ1n) is 2.62. The van der Waals surface area contributed by atoms with Crippen molar-refractivity contribution in [2.24, 2.45) is 0 Å². The molecule has 0 saturated heterocycles. The molecule has 60 valence electrons. The Morgan fingerprint density at radius 2 is 2.09 bits per heavy atom. The number of aromatic amines is 1. The van der Waals surface area contributed by atoms with E-state index < -0.39 is 11.9 Å². The highest BCUT2D eigenvalue weighted by Crippen LogP contribution is 2.26. The summed E-state index contributed by atoms with van der Waals surface area (Å²) in [6, 6.07) is 0.822. The van der Waals surface area contributed by atoms with Crippen LogP contribution >= 0.6 is 12.2 Å². The van der Waals surface area contributed by atoms with Crippen LogP contribution in [-0.4, -0.2) is 10.2 Å². The van der Waals surface area contributed by atoms with Crippen LogP contribution in [0.1, 0.15) is 5.69 Å². The standard InChI is InChI=1S/C5H3F3N2S/c6-5(7,8)4-1-3(11)2-9-10-4/h1-2H,(H,10,11). The van der Waals surface area contributed by atoms with Gasteiger partial charge in [0.05, 0.1) is 10.7 Å². The number of hydrogen-bond acceptors (Lipinski definition) is 2. The molecule has 0 amide bonds. The molecule has 6 heteroatoms. The van der Waals surface area contributed by atoms with E-state index in [0.29, 0.717) is 0 Å². The Balaban J connectivity index is 3.16. The molecular formula is C5H3F3N2S. The summed E-state index contributed by atoms with van der Waals surface area (Å²) in [7, 11) is 0. The van der Waals surface area contributed by atoms with Gasteiger partial charge in [0.2, 0.25) is 0 Å². The van der Waals surface area contributed by atoms with Crippen LogP contribution in [0, 0.1) is 4.51 Å². The lowest BCUT2D eigenvalue weighted by atomic mass is 10.4. The fraction of sp³-hybridized carbons (Fsp3) is 0.200. The molecule has 1 rings (SSSR count). The first-order chi connectivity index (χ1) is 5.00. The minimum atomic E-state index is -4.40. The summed E-state index contributed by atoms with van der Waals surface area (Å²) < 4.78 is 35.6. The molecule has 0 saturated carbocycles. The first-order valence-corrected chi connectivity index (χ1v) is 3.03. The van der Waals surface area contributed by atoms with Crippen molar-refractivity contribution >= 4 is 12.2 Å². The number of aromatic nitrogens is 2. The normalized spacial score (nSPS) is 11.5. The maximum absolute atomic E-state index is 11.9. The van der Waals surface area contributed by atoms with Crippen molar-refractivity contribution < 1.29 is 13.2 Å². The van der Waals surface area contributed by atoms with Crippen LogP contribution in [0.3, 0.4) is 0 Å². The van der Waals surface area contributed by atoms with Gasteiger partial charge in [0.25, 0.3) is 0 Å². The summed E-state index contributed by atoms with van der Waals surface area (Å²) in [6.07, 6.45) is -3.26. The van der Waals surface area contributed by atoms with Crippen molar-refractivity contribution in [1.82, 2.24) is 10.2 Å². The summed E-state index contributed by atoms with van der Waals surface area (Å²) in [5, 5.41) is 5.01. The molecule has 0 radical (unpaired) electrons. The molecule has 2 nitrogen and oxygen atoms in total. The third-order valence-electron chi connectivity index (χ3n) is 0.969. The van der Waals surface area contributed by atoms with Crippen LogP contribution in [0.2, 0.25) is 0 Å². The summed E-state index contributed by atoms with van der Waals surface area (Å²) in [5.74, 6) is 0. The molecule has 11 heavy (non-hydrogen) atoms. The smallest absolute Gasteiger partial charge is 0.274 e. The number of halogens is 3. The Bertz CT molecular complexity index is 303. The second-order valence-corrected chi connectivity index (χ2v) is 2.30. The Morgan fingerprint density at radius 3 is 2.45 bits per heavy atom. The fourth-order valence-corrected chi connectivity index (χ4v) is 0.693. The molecular weight excluding hydrogens is 177 g/mol. The second-order valence-electron chi connectivity index (χ2n) is 1.83. The molecule has 0 fully saturated rings. The lowest BCUT2D eigenvalue weighted by Crippen LogP contribution is -2.08. The summed E-state index contributed by atoms with van der Waals surface area (Å²) in [6.45, 7) is 0. The van der Waals surface area contributed by atoms with Crippen LogP contribution in [0.15, 0.2) is 12.3 Å². The van der Waals surface area contributed by atoms with Gasteiger partial charge in [-0.3, -0.25) is 5.10 Å². The van der Waals surface area contributed by atoms with Crippen molar-refractivity contribution in [1.29, 1.82) is 0 Å². The summed E-state index contributed by atoms with van der Waals surface area (Å²) in [4.78, 5) is 0. The second kappa shape index (κ2) is 2.61. The van der Waals surface area contributed by atoms with E-state index in [2.05, 4.69) is 17.3 Å². The van der Waals surface area contributed by atoms with E-state index >= 15 is 0 Å². The van der Waals surface area contributed by atoms with Crippen LogP contribution < -0.4 is 0 Å². The van der Waals surface area contributed by atoms with Crippen LogP contribution in [0.25, 0.3) is 0 Å². The van der Waals surface area contributed by atoms with Gasteiger partial charge >= 0.3 is 6.18 Å². The zero-order chi connectivity index (χ0) is 8.48. The van der Waals surface area contributed by atoms with Gasteiger partial charge < -0.3 is 0 Å². The lowest BCUT2D eigenvalue weighted by Gasteiger charge is -2.03. The molecule has 1 aromatic rings. The third kappa shape index (κ3) is 2.01. The highest BCUT2D eigenvalue weighted by molar-refractivity contribution is 7.71. The monoisotopic (exact) mass is 180 g/mol. The van der Waals surface area contributed by atoms with Gasteiger partial charge in [-0.1, -0.05) is 12.2 Å². The molecule has 0 aliphatic carbocycles. The first kappa shape index (κ1) is 8.19. The number of nitrogens with one attached hydrogen (secondary N) is 1. The Morgan fingerprint density at radius 1 is 1.45 bits per heavy atom. The SMILES string of the molecule is FC(F)(F)c1cc(=S)cn[nH]1. The van der Waals surface area contributed by atoms with E-state index in [0.717, 1.165) is 12.3 Å². The van der Waals surface area contributed by atoms with E-state index in [1.807, 2.05) is 5.10 Å². The predicted molar refractivity (Wildman–Crippen MR) is 34.4 cm³/mol. The van der Waals surface area contributed by atoms with Crippen molar-refractivity contribution in [3.8, 4) is 0 Å². The van der Waals surface area contributed by atoms with Crippen molar-refractivity contribution in [2.75, 3.05) is 0 Å². The molecule has 0 unspecified atom stereocenters. The quantitative estimate of drug-likeness (QED) is 0.620. The average molecular weight is 180 g/mol. The number of nitrogens with zero attached hydrogens (tertiary/aromatic N) is 1. The molecule has 0 aliphatic rings. The molecule has 1 aromatic heterocycles. The summed E-state index contributed by atoms with van der Waals surface area (Å²) in [5.41, 5.74) is -0.926. The lowest BCUT2D eigenvalue weighted by molar-refractivity contribution is -0.141. The Hall–Kier alpha value is -0.910. The van der Waals surface area contributed by atoms with Crippen LogP contribution in [0.4, 0.5) is 13.2 Å². The van der Waals surface area contributed by atoms with Crippen molar-refractivity contribution in [3.05, 3.63) is 22.5 Å². The fourth-order valence-electron chi connectivity index (χ4n) is 0.522. The van der Waals surface area contributed by atoms with E-state index in [9.17, 15) is 13.2 Å². The highest BCUT2D eigenvalue weighted by Gasteiger charge is 2.31. The molecule has 0 bridgehead atoms. The molecule has 1 N–H and O–H groups in total. The third-order valence-corrected chi connectivity index (χ3v) is 1.19. The maximum Gasteiger partial charge on any atom is 0.432 e. The molecule has 0 atom stereocenters. The van der Waals surface area contributed by atoms with E-state index in [1.165, 1.54) is 0 Å². The number of H-pyrrole nitrogens is 1. The minimum absolute atomic E-state index is 0.0658. The van der Waals surface area contributed by atoms with Crippen LogP contribution in [-0.2, 0) is 6.18 Å². The van der Waals surface area contributed by atoms with Gasteiger partial charge in [0, 0.05) is 0 Å². The number of hydrogen-bond donors (Lipinski definition) is 1. The largest absolute Gasteiger partial charge is 0.432 e. The molecule has 0 spiro atoms. The Kier molecular flexibility index (Phi) is 1.95. The molecule has 0 aliphatic heterocycles. The van der Waals surface area contributed by atoms with Crippen LogP contribution in [0.5, 0.6) is 0 Å². The molecule has 0 aromatic carbocycles. The van der Waals surface area contributed by atoms with Gasteiger partial charge in [0.15, 0.2) is 0 Å². The van der Waals surface area contributed by atoms with Gasteiger partial charge in [0.1, 0.15) is 5.69 Å². The number of alkyl halides is 3. The van der Waals surface area contributed by atoms with Gasteiger partial charge in [-0.15, -0.1) is 0 Å². The zero-order valence-corrected chi connectivity index (χ0v) is 5.96.